The summed E-state index contributed by atoms with van der Waals surface area (Å²) in [4.78, 5) is 34.0. The summed E-state index contributed by atoms with van der Waals surface area (Å²) in [6.45, 7) is 3.81. The van der Waals surface area contributed by atoms with E-state index in [1.807, 2.05) is 48.9 Å². The molecule has 2 aromatic carbocycles. The fourth-order valence-electron chi connectivity index (χ4n) is 4.20. The maximum Gasteiger partial charge on any atom is 0.338 e. The van der Waals surface area contributed by atoms with Gasteiger partial charge in [-0.25, -0.2) is 19.6 Å². The van der Waals surface area contributed by atoms with Gasteiger partial charge in [-0.3, -0.25) is 0 Å². The van der Waals surface area contributed by atoms with Gasteiger partial charge >= 0.3 is 11.9 Å². The van der Waals surface area contributed by atoms with E-state index in [4.69, 9.17) is 25.8 Å². The molecule has 1 fully saturated rings. The first kappa shape index (κ1) is 25.6. The second-order valence-electron chi connectivity index (χ2n) is 8.89. The van der Waals surface area contributed by atoms with E-state index in [0.717, 1.165) is 20.1 Å². The van der Waals surface area contributed by atoms with Gasteiger partial charge in [-0.1, -0.05) is 47.0 Å². The zero-order valence-corrected chi connectivity index (χ0v) is 23.0. The molecular formula is C27H23ClIN3O5. The van der Waals surface area contributed by atoms with Crippen LogP contribution in [0.25, 0.3) is 11.0 Å². The maximum absolute atomic E-state index is 12.9. The molecule has 10 heteroatoms. The summed E-state index contributed by atoms with van der Waals surface area (Å²) in [6.07, 6.45) is 1.75. The summed E-state index contributed by atoms with van der Waals surface area (Å²) in [6, 6.07) is 14.2. The molecule has 0 unspecified atom stereocenters. The molecule has 1 aliphatic rings. The van der Waals surface area contributed by atoms with Gasteiger partial charge in [0.2, 0.25) is 0 Å². The van der Waals surface area contributed by atoms with Gasteiger partial charge in [0.15, 0.2) is 0 Å². The van der Waals surface area contributed by atoms with E-state index in [1.165, 1.54) is 6.33 Å². The second-order valence-corrected chi connectivity index (χ2v) is 10.4. The predicted octanol–water partition coefficient (Wildman–Crippen LogP) is 5.68. The standard InChI is InChI=1S/C27H23ClIN3O5/c1-15-3-7-17(8-4-15)26(33)35-13-21-20(37-27(34)18-9-5-16(2)6-10-18)11-22(36-21)32-12-19(29)23-24(28)30-14-31-25(23)32/h3-10,12,14,20-22H,11,13H2,1-2H3/t20-,21-,22-/m1/s1. The average Bonchev–Trinajstić information content (AvgIpc) is 3.44. The molecule has 2 aromatic heterocycles. The molecule has 1 saturated heterocycles. The number of benzene rings is 2. The number of nitrogens with zero attached hydrogens (tertiary/aromatic N) is 3. The van der Waals surface area contributed by atoms with Gasteiger partial charge < -0.3 is 18.8 Å². The van der Waals surface area contributed by atoms with E-state index in [2.05, 4.69) is 32.6 Å². The number of halogens is 2. The minimum atomic E-state index is -0.679. The highest BCUT2D eigenvalue weighted by Gasteiger charge is 2.40. The third kappa shape index (κ3) is 5.48. The molecule has 1 aliphatic heterocycles. The first-order chi connectivity index (χ1) is 17.8. The Labute approximate surface area is 232 Å². The van der Waals surface area contributed by atoms with Crippen LogP contribution < -0.4 is 0 Å². The second kappa shape index (κ2) is 10.8. The van der Waals surface area contributed by atoms with Crippen molar-refractivity contribution in [1.29, 1.82) is 0 Å². The zero-order valence-electron chi connectivity index (χ0n) is 20.1. The Morgan fingerprint density at radius 2 is 1.65 bits per heavy atom. The van der Waals surface area contributed by atoms with Crippen LogP contribution in [-0.2, 0) is 14.2 Å². The van der Waals surface area contributed by atoms with E-state index in [-0.39, 0.29) is 6.61 Å². The minimum absolute atomic E-state index is 0.0823. The first-order valence-electron chi connectivity index (χ1n) is 11.6. The summed E-state index contributed by atoms with van der Waals surface area (Å²) >= 11 is 8.47. The first-order valence-corrected chi connectivity index (χ1v) is 13.1. The molecule has 37 heavy (non-hydrogen) atoms. The summed E-state index contributed by atoms with van der Waals surface area (Å²) in [5, 5.41) is 1.06. The van der Waals surface area contributed by atoms with Crippen LogP contribution in [0.3, 0.4) is 0 Å². The van der Waals surface area contributed by atoms with Crippen molar-refractivity contribution >= 4 is 57.2 Å². The molecule has 0 bridgehead atoms. The van der Waals surface area contributed by atoms with E-state index in [1.54, 1.807) is 24.3 Å². The van der Waals surface area contributed by atoms with Gasteiger partial charge in [0.05, 0.1) is 16.5 Å². The summed E-state index contributed by atoms with van der Waals surface area (Å²) < 4.78 is 20.4. The Kier molecular flexibility index (Phi) is 7.45. The summed E-state index contributed by atoms with van der Waals surface area (Å²) in [5.74, 6) is -0.947. The number of esters is 2. The molecule has 0 amide bonds. The van der Waals surface area contributed by atoms with Gasteiger partial charge in [0.25, 0.3) is 0 Å². The van der Waals surface area contributed by atoms with Crippen molar-refractivity contribution in [1.82, 2.24) is 14.5 Å². The molecule has 8 nitrogen and oxygen atoms in total. The number of hydrogen-bond acceptors (Lipinski definition) is 7. The van der Waals surface area contributed by atoms with Crippen molar-refractivity contribution in [2.24, 2.45) is 0 Å². The Morgan fingerprint density at radius 1 is 1.03 bits per heavy atom. The van der Waals surface area contributed by atoms with Crippen molar-refractivity contribution in [2.75, 3.05) is 6.61 Å². The van der Waals surface area contributed by atoms with Crippen molar-refractivity contribution in [3.05, 3.63) is 92.0 Å². The SMILES string of the molecule is Cc1ccc(C(=O)OC[C@H]2O[C@@H](n3cc(I)c4c(Cl)ncnc43)C[C@H]2OC(=O)c2ccc(C)cc2)cc1. The lowest BCUT2D eigenvalue weighted by molar-refractivity contribution is -0.0562. The fourth-order valence-corrected chi connectivity index (χ4v) is 5.38. The lowest BCUT2D eigenvalue weighted by Gasteiger charge is -2.19. The monoisotopic (exact) mass is 631 g/mol. The fraction of sp³-hybridized carbons (Fsp3) is 0.259. The van der Waals surface area contributed by atoms with Gasteiger partial charge in [0.1, 0.15) is 42.2 Å². The Morgan fingerprint density at radius 3 is 2.30 bits per heavy atom. The molecule has 3 atom stereocenters. The van der Waals surface area contributed by atoms with Crippen molar-refractivity contribution in [3.8, 4) is 0 Å². The number of carbonyl (C=O) groups is 2. The summed E-state index contributed by atoms with van der Waals surface area (Å²) in [7, 11) is 0. The lowest BCUT2D eigenvalue weighted by atomic mass is 10.1. The van der Waals surface area contributed by atoms with Crippen LogP contribution >= 0.6 is 34.2 Å². The van der Waals surface area contributed by atoms with Crippen molar-refractivity contribution < 1.29 is 23.8 Å². The molecular weight excluding hydrogens is 609 g/mol. The molecule has 3 heterocycles. The molecule has 0 saturated carbocycles. The smallest absolute Gasteiger partial charge is 0.338 e. The number of rotatable bonds is 6. The number of ether oxygens (including phenoxy) is 3. The van der Waals surface area contributed by atoms with Gasteiger partial charge in [-0.15, -0.1) is 0 Å². The normalized spacial score (nSPS) is 19.2. The van der Waals surface area contributed by atoms with Crippen molar-refractivity contribution in [2.45, 2.75) is 38.7 Å². The molecule has 0 aliphatic carbocycles. The highest BCUT2D eigenvalue weighted by Crippen LogP contribution is 2.36. The topological polar surface area (TPSA) is 92.5 Å². The number of hydrogen-bond donors (Lipinski definition) is 0. The predicted molar refractivity (Wildman–Crippen MR) is 146 cm³/mol. The molecule has 5 rings (SSSR count). The largest absolute Gasteiger partial charge is 0.459 e. The van der Waals surface area contributed by atoms with Gasteiger partial charge in [-0.2, -0.15) is 0 Å². The minimum Gasteiger partial charge on any atom is -0.459 e. The van der Waals surface area contributed by atoms with E-state index >= 15 is 0 Å². The Bertz CT molecular complexity index is 1460. The molecule has 0 radical (unpaired) electrons. The number of aryl methyl sites for hydroxylation is 2. The van der Waals surface area contributed by atoms with Crippen LogP contribution in [0, 0.1) is 17.4 Å². The Hall–Kier alpha value is -3.02. The third-order valence-corrected chi connectivity index (χ3v) is 7.32. The zero-order chi connectivity index (χ0) is 26.1. The van der Waals surface area contributed by atoms with Gasteiger partial charge in [0, 0.05) is 16.2 Å². The quantitative estimate of drug-likeness (QED) is 0.154. The van der Waals surface area contributed by atoms with Crippen LogP contribution in [0.5, 0.6) is 0 Å². The van der Waals surface area contributed by atoms with Crippen molar-refractivity contribution in [3.63, 3.8) is 0 Å². The molecule has 0 spiro atoms. The average molecular weight is 632 g/mol. The highest BCUT2D eigenvalue weighted by molar-refractivity contribution is 14.1. The van der Waals surface area contributed by atoms with Crippen LogP contribution in [0.15, 0.2) is 61.1 Å². The molecule has 0 N–H and O–H groups in total. The molecule has 4 aromatic rings. The third-order valence-electron chi connectivity index (χ3n) is 6.22. The Balaban J connectivity index is 1.38. The highest BCUT2D eigenvalue weighted by atomic mass is 127. The maximum atomic E-state index is 12.9. The van der Waals surface area contributed by atoms with Crippen LogP contribution in [0.4, 0.5) is 0 Å². The number of carbonyl (C=O) groups excluding carboxylic acids is 2. The lowest BCUT2D eigenvalue weighted by Crippen LogP contribution is -2.32. The van der Waals surface area contributed by atoms with Gasteiger partial charge in [-0.05, 0) is 60.7 Å². The van der Waals surface area contributed by atoms with E-state index in [0.29, 0.717) is 28.3 Å². The van der Waals surface area contributed by atoms with E-state index < -0.39 is 30.4 Å². The van der Waals surface area contributed by atoms with Crippen LogP contribution in [0.1, 0.15) is 44.5 Å². The van der Waals surface area contributed by atoms with E-state index in [9.17, 15) is 9.59 Å². The molecule has 190 valence electrons. The van der Waals surface area contributed by atoms with Crippen LogP contribution in [0.2, 0.25) is 5.15 Å². The summed E-state index contributed by atoms with van der Waals surface area (Å²) in [5.41, 5.74) is 3.56. The van der Waals surface area contributed by atoms with Crippen LogP contribution in [-0.4, -0.2) is 45.3 Å². The number of aromatic nitrogens is 3. The number of fused-ring (bicyclic) bond motifs is 1.